The molecule has 0 bridgehead atoms. The van der Waals surface area contributed by atoms with Gasteiger partial charge in [-0.15, -0.1) is 0 Å². The number of hydrogen-bond acceptors (Lipinski definition) is 4. The van der Waals surface area contributed by atoms with Crippen molar-refractivity contribution in [2.75, 3.05) is 29.9 Å². The van der Waals surface area contributed by atoms with E-state index in [0.29, 0.717) is 12.1 Å². The first kappa shape index (κ1) is 23.9. The molecule has 0 unspecified atom stereocenters. The number of aromatic nitrogens is 1. The number of benzene rings is 2. The van der Waals surface area contributed by atoms with E-state index in [-0.39, 0.29) is 23.6 Å². The Balaban J connectivity index is 1.63. The van der Waals surface area contributed by atoms with Crippen LogP contribution in [0.4, 0.5) is 24.5 Å². The number of halogens is 3. The number of amides is 1. The van der Waals surface area contributed by atoms with Crippen LogP contribution in [0.1, 0.15) is 43.5 Å². The summed E-state index contributed by atoms with van der Waals surface area (Å²) in [7, 11) is 0. The van der Waals surface area contributed by atoms with Crippen LogP contribution in [-0.4, -0.2) is 41.5 Å². The van der Waals surface area contributed by atoms with E-state index in [1.54, 1.807) is 19.2 Å². The van der Waals surface area contributed by atoms with Crippen molar-refractivity contribution >= 4 is 28.2 Å². The van der Waals surface area contributed by atoms with Crippen LogP contribution in [0.25, 0.3) is 10.9 Å². The second kappa shape index (κ2) is 9.16. The second-order valence-corrected chi connectivity index (χ2v) is 8.95. The minimum Gasteiger partial charge on any atom is -0.378 e. The predicted octanol–water partition coefficient (Wildman–Crippen LogP) is 5.79. The number of nitrogens with one attached hydrogen (secondary N) is 1. The van der Waals surface area contributed by atoms with Crippen LogP contribution >= 0.6 is 0 Å². The summed E-state index contributed by atoms with van der Waals surface area (Å²) in [6.45, 7) is 9.15. The maximum Gasteiger partial charge on any atom is 0.416 e. The first-order valence-corrected chi connectivity index (χ1v) is 11.4. The van der Waals surface area contributed by atoms with Gasteiger partial charge < -0.3 is 15.1 Å². The molecule has 2 heterocycles. The summed E-state index contributed by atoms with van der Waals surface area (Å²) in [5.74, 6) is 0.0835. The minimum atomic E-state index is -4.39. The largest absolute Gasteiger partial charge is 0.416 e. The van der Waals surface area contributed by atoms with Gasteiger partial charge in [-0.25, -0.2) is 0 Å². The molecule has 0 spiro atoms. The van der Waals surface area contributed by atoms with Crippen molar-refractivity contribution in [3.05, 3.63) is 65.4 Å². The Morgan fingerprint density at radius 3 is 2.62 bits per heavy atom. The van der Waals surface area contributed by atoms with Gasteiger partial charge in [0, 0.05) is 61.6 Å². The number of hydrogen-bond donors (Lipinski definition) is 1. The Morgan fingerprint density at radius 1 is 1.18 bits per heavy atom. The van der Waals surface area contributed by atoms with Crippen LogP contribution in [0.15, 0.2) is 48.7 Å². The molecule has 2 atom stereocenters. The summed E-state index contributed by atoms with van der Waals surface area (Å²) in [4.78, 5) is 20.4. The van der Waals surface area contributed by atoms with Crippen molar-refractivity contribution in [1.82, 2.24) is 9.88 Å². The Bertz CT molecular complexity index is 1210. The van der Waals surface area contributed by atoms with E-state index in [2.05, 4.69) is 21.3 Å². The first-order chi connectivity index (χ1) is 16.1. The Hall–Kier alpha value is -3.29. The molecule has 4 rings (SSSR count). The molecular formula is C26H29F3N4O. The number of nitrogens with zero attached hydrogens (tertiary/aromatic N) is 3. The number of rotatable bonds is 4. The van der Waals surface area contributed by atoms with Crippen molar-refractivity contribution in [3.63, 3.8) is 0 Å². The number of alkyl halides is 3. The van der Waals surface area contributed by atoms with E-state index in [1.165, 1.54) is 13.0 Å². The molecule has 5 nitrogen and oxygen atoms in total. The summed E-state index contributed by atoms with van der Waals surface area (Å²) in [6.07, 6.45) is -2.69. The monoisotopic (exact) mass is 470 g/mol. The third-order valence-corrected chi connectivity index (χ3v) is 6.64. The highest BCUT2D eigenvalue weighted by Crippen LogP contribution is 2.36. The molecule has 1 aromatic heterocycles. The zero-order valence-corrected chi connectivity index (χ0v) is 19.8. The average molecular weight is 471 g/mol. The van der Waals surface area contributed by atoms with Gasteiger partial charge in [-0.2, -0.15) is 13.2 Å². The first-order valence-electron chi connectivity index (χ1n) is 11.4. The van der Waals surface area contributed by atoms with Crippen LogP contribution < -0.4 is 10.2 Å². The van der Waals surface area contributed by atoms with Gasteiger partial charge in [0.1, 0.15) is 0 Å². The number of carbonyl (C=O) groups is 1. The molecule has 2 aromatic carbocycles. The summed E-state index contributed by atoms with van der Waals surface area (Å²) >= 11 is 0. The Morgan fingerprint density at radius 2 is 1.94 bits per heavy atom. The third kappa shape index (κ3) is 4.67. The number of anilines is 2. The molecule has 0 aliphatic carbocycles. The molecule has 1 fully saturated rings. The van der Waals surface area contributed by atoms with Gasteiger partial charge in [0.05, 0.1) is 11.1 Å². The van der Waals surface area contributed by atoms with Crippen molar-refractivity contribution in [1.29, 1.82) is 0 Å². The molecule has 1 amide bonds. The molecule has 180 valence electrons. The molecule has 1 saturated heterocycles. The number of carbonyl (C=O) groups excluding carboxylic acids is 1. The SMILES string of the molecule is CC(=O)N1CCN(c2ccc3nccc(N[C@H](C)c4cccc(C(F)(F)F)c4C)c3c2)C[C@H]1C. The molecular weight excluding hydrogens is 441 g/mol. The highest BCUT2D eigenvalue weighted by Gasteiger charge is 2.33. The Kier molecular flexibility index (Phi) is 6.43. The molecule has 3 aromatic rings. The van der Waals surface area contributed by atoms with E-state index in [0.717, 1.165) is 41.4 Å². The highest BCUT2D eigenvalue weighted by molar-refractivity contribution is 5.93. The summed E-state index contributed by atoms with van der Waals surface area (Å²) in [5, 5.41) is 4.30. The molecule has 0 saturated carbocycles. The zero-order chi connectivity index (χ0) is 24.6. The van der Waals surface area contributed by atoms with Crippen LogP contribution in [-0.2, 0) is 11.0 Å². The topological polar surface area (TPSA) is 48.5 Å². The molecule has 8 heteroatoms. The van der Waals surface area contributed by atoms with E-state index >= 15 is 0 Å². The van der Waals surface area contributed by atoms with Crippen molar-refractivity contribution in [2.24, 2.45) is 0 Å². The van der Waals surface area contributed by atoms with Gasteiger partial charge in [-0.1, -0.05) is 12.1 Å². The zero-order valence-electron chi connectivity index (χ0n) is 19.8. The van der Waals surface area contributed by atoms with Crippen LogP contribution in [0.5, 0.6) is 0 Å². The Labute approximate surface area is 197 Å². The number of fused-ring (bicyclic) bond motifs is 1. The van der Waals surface area contributed by atoms with Crippen LogP contribution in [0.2, 0.25) is 0 Å². The fourth-order valence-electron chi connectivity index (χ4n) is 4.86. The van der Waals surface area contributed by atoms with Gasteiger partial charge in [0.15, 0.2) is 0 Å². The van der Waals surface area contributed by atoms with E-state index in [9.17, 15) is 18.0 Å². The van der Waals surface area contributed by atoms with Gasteiger partial charge in [0.2, 0.25) is 5.91 Å². The maximum absolute atomic E-state index is 13.4. The van der Waals surface area contributed by atoms with Crippen LogP contribution in [0.3, 0.4) is 0 Å². The average Bonchev–Trinajstić information content (AvgIpc) is 2.78. The standard InChI is InChI=1S/C26H29F3N4O/c1-16-15-32(12-13-33(16)19(4)34)20-8-9-24-22(14-20)25(10-11-30-24)31-18(3)21-6-5-7-23(17(21)2)26(27,28)29/h5-11,14,16,18H,12-13,15H2,1-4H3,(H,30,31)/t16-,18-/m1/s1. The lowest BCUT2D eigenvalue weighted by Gasteiger charge is -2.40. The molecule has 1 aliphatic rings. The molecule has 1 N–H and O–H groups in total. The normalized spacial score (nSPS) is 17.7. The fourth-order valence-corrected chi connectivity index (χ4v) is 4.86. The molecule has 1 aliphatic heterocycles. The van der Waals surface area contributed by atoms with E-state index < -0.39 is 11.7 Å². The number of piperazine rings is 1. The van der Waals surface area contributed by atoms with Gasteiger partial charge in [-0.05, 0) is 62.2 Å². The number of pyridine rings is 1. The fraction of sp³-hybridized carbons (Fsp3) is 0.385. The minimum absolute atomic E-state index is 0.0835. The van der Waals surface area contributed by atoms with Crippen LogP contribution in [0, 0.1) is 6.92 Å². The maximum atomic E-state index is 13.4. The van der Waals surface area contributed by atoms with Gasteiger partial charge >= 0.3 is 6.18 Å². The van der Waals surface area contributed by atoms with Crippen molar-refractivity contribution in [2.45, 2.75) is 46.0 Å². The molecule has 0 radical (unpaired) electrons. The van der Waals surface area contributed by atoms with E-state index in [1.807, 2.05) is 36.9 Å². The summed E-state index contributed by atoms with van der Waals surface area (Å²) < 4.78 is 40.2. The second-order valence-electron chi connectivity index (χ2n) is 8.95. The lowest BCUT2D eigenvalue weighted by Crippen LogP contribution is -2.53. The summed E-state index contributed by atoms with van der Waals surface area (Å²) in [5.41, 5.74) is 2.86. The lowest BCUT2D eigenvalue weighted by atomic mass is 9.97. The smallest absolute Gasteiger partial charge is 0.378 e. The van der Waals surface area contributed by atoms with E-state index in [4.69, 9.17) is 0 Å². The van der Waals surface area contributed by atoms with Gasteiger partial charge in [0.25, 0.3) is 0 Å². The quantitative estimate of drug-likeness (QED) is 0.524. The summed E-state index contributed by atoms with van der Waals surface area (Å²) in [6, 6.07) is 12.0. The lowest BCUT2D eigenvalue weighted by molar-refractivity contribution is -0.138. The van der Waals surface area contributed by atoms with Crippen molar-refractivity contribution < 1.29 is 18.0 Å². The van der Waals surface area contributed by atoms with Crippen molar-refractivity contribution in [3.8, 4) is 0 Å². The third-order valence-electron chi connectivity index (χ3n) is 6.64. The van der Waals surface area contributed by atoms with Gasteiger partial charge in [-0.3, -0.25) is 9.78 Å². The molecule has 34 heavy (non-hydrogen) atoms. The highest BCUT2D eigenvalue weighted by atomic mass is 19.4. The predicted molar refractivity (Wildman–Crippen MR) is 129 cm³/mol.